The third-order valence-electron chi connectivity index (χ3n) is 1.75. The van der Waals surface area contributed by atoms with E-state index in [0.29, 0.717) is 11.8 Å². The van der Waals surface area contributed by atoms with E-state index in [1.165, 1.54) is 0 Å². The standard InChI is InChI=1S/C8H16N4O/c1-4-5-6(9)7-10-8(11-13-7)12(2)3/h6H,4-5,9H2,1-3H3/t6-/m0/s1. The monoisotopic (exact) mass is 184 g/mol. The third kappa shape index (κ3) is 2.42. The summed E-state index contributed by atoms with van der Waals surface area (Å²) >= 11 is 0. The fourth-order valence-corrected chi connectivity index (χ4v) is 0.994. The minimum Gasteiger partial charge on any atom is -0.344 e. The van der Waals surface area contributed by atoms with Crippen LogP contribution in [0, 0.1) is 0 Å². The van der Waals surface area contributed by atoms with E-state index in [1.807, 2.05) is 14.1 Å². The molecule has 0 saturated heterocycles. The van der Waals surface area contributed by atoms with E-state index in [9.17, 15) is 0 Å². The molecule has 0 aromatic carbocycles. The molecule has 13 heavy (non-hydrogen) atoms. The molecule has 0 spiro atoms. The molecule has 0 fully saturated rings. The molecule has 0 unspecified atom stereocenters. The highest BCUT2D eigenvalue weighted by molar-refractivity contribution is 5.23. The Morgan fingerprint density at radius 2 is 2.23 bits per heavy atom. The predicted octanol–water partition coefficient (Wildman–Crippen LogP) is 0.935. The van der Waals surface area contributed by atoms with E-state index in [1.54, 1.807) is 4.90 Å². The van der Waals surface area contributed by atoms with Gasteiger partial charge < -0.3 is 15.2 Å². The molecule has 1 heterocycles. The molecule has 1 aromatic heterocycles. The Balaban J connectivity index is 2.67. The maximum Gasteiger partial charge on any atom is 0.265 e. The van der Waals surface area contributed by atoms with Crippen LogP contribution in [-0.4, -0.2) is 24.2 Å². The lowest BCUT2D eigenvalue weighted by Gasteiger charge is -2.04. The zero-order valence-electron chi connectivity index (χ0n) is 8.32. The Hall–Kier alpha value is -1.10. The first-order valence-electron chi connectivity index (χ1n) is 4.41. The molecule has 2 N–H and O–H groups in total. The summed E-state index contributed by atoms with van der Waals surface area (Å²) in [6.45, 7) is 2.07. The topological polar surface area (TPSA) is 68.2 Å². The van der Waals surface area contributed by atoms with Crippen LogP contribution in [0.5, 0.6) is 0 Å². The van der Waals surface area contributed by atoms with Crippen LogP contribution in [0.25, 0.3) is 0 Å². The average molecular weight is 184 g/mol. The molecular formula is C8H16N4O. The number of rotatable bonds is 4. The number of hydrogen-bond donors (Lipinski definition) is 1. The Morgan fingerprint density at radius 1 is 1.54 bits per heavy atom. The van der Waals surface area contributed by atoms with Crippen molar-refractivity contribution < 1.29 is 4.52 Å². The van der Waals surface area contributed by atoms with Crippen LogP contribution < -0.4 is 10.6 Å². The Kier molecular flexibility index (Phi) is 3.25. The number of aromatic nitrogens is 2. The zero-order chi connectivity index (χ0) is 9.84. The van der Waals surface area contributed by atoms with Crippen molar-refractivity contribution in [2.24, 2.45) is 5.73 Å². The summed E-state index contributed by atoms with van der Waals surface area (Å²) in [5.74, 6) is 1.09. The zero-order valence-corrected chi connectivity index (χ0v) is 8.32. The first-order valence-corrected chi connectivity index (χ1v) is 4.41. The SMILES string of the molecule is CCC[C@H](N)c1nc(N(C)C)no1. The highest BCUT2D eigenvalue weighted by Crippen LogP contribution is 2.15. The van der Waals surface area contributed by atoms with Crippen LogP contribution in [0.3, 0.4) is 0 Å². The molecule has 0 bridgehead atoms. The van der Waals surface area contributed by atoms with Crippen molar-refractivity contribution in [3.05, 3.63) is 5.89 Å². The third-order valence-corrected chi connectivity index (χ3v) is 1.75. The number of anilines is 1. The normalized spacial score (nSPS) is 12.9. The van der Waals surface area contributed by atoms with Gasteiger partial charge in [-0.2, -0.15) is 4.98 Å². The predicted molar refractivity (Wildman–Crippen MR) is 50.5 cm³/mol. The van der Waals surface area contributed by atoms with Gasteiger partial charge in [0.05, 0.1) is 6.04 Å². The minimum atomic E-state index is -0.133. The fraction of sp³-hybridized carbons (Fsp3) is 0.750. The molecule has 0 aliphatic carbocycles. The van der Waals surface area contributed by atoms with Gasteiger partial charge in [0.2, 0.25) is 5.89 Å². The van der Waals surface area contributed by atoms with E-state index >= 15 is 0 Å². The maximum atomic E-state index is 5.80. The number of hydrogen-bond acceptors (Lipinski definition) is 5. The maximum absolute atomic E-state index is 5.80. The van der Waals surface area contributed by atoms with Crippen molar-refractivity contribution in [2.75, 3.05) is 19.0 Å². The molecule has 0 aliphatic heterocycles. The largest absolute Gasteiger partial charge is 0.344 e. The van der Waals surface area contributed by atoms with Crippen LogP contribution in [0.2, 0.25) is 0 Å². The molecule has 0 radical (unpaired) electrons. The van der Waals surface area contributed by atoms with Crippen molar-refractivity contribution in [1.29, 1.82) is 0 Å². The first kappa shape index (κ1) is 9.98. The second-order valence-corrected chi connectivity index (χ2v) is 3.22. The van der Waals surface area contributed by atoms with Crippen LogP contribution >= 0.6 is 0 Å². The number of nitrogens with two attached hydrogens (primary N) is 1. The quantitative estimate of drug-likeness (QED) is 0.754. The summed E-state index contributed by atoms with van der Waals surface area (Å²) in [5, 5.41) is 3.78. The van der Waals surface area contributed by atoms with Gasteiger partial charge in [0.15, 0.2) is 0 Å². The molecule has 0 aliphatic rings. The molecule has 0 saturated carbocycles. The molecule has 5 nitrogen and oxygen atoms in total. The minimum absolute atomic E-state index is 0.133. The van der Waals surface area contributed by atoms with Crippen LogP contribution in [0.15, 0.2) is 4.52 Å². The molecule has 1 atom stereocenters. The van der Waals surface area contributed by atoms with E-state index in [-0.39, 0.29) is 6.04 Å². The van der Waals surface area contributed by atoms with Gasteiger partial charge in [-0.3, -0.25) is 0 Å². The summed E-state index contributed by atoms with van der Waals surface area (Å²) in [6.07, 6.45) is 1.88. The van der Waals surface area contributed by atoms with Gasteiger partial charge in [0, 0.05) is 14.1 Å². The molecule has 1 rings (SSSR count). The Morgan fingerprint density at radius 3 is 2.69 bits per heavy atom. The summed E-state index contributed by atoms with van der Waals surface area (Å²) in [4.78, 5) is 5.93. The average Bonchev–Trinajstić information content (AvgIpc) is 2.52. The van der Waals surface area contributed by atoms with Crippen molar-refractivity contribution >= 4 is 5.95 Å². The van der Waals surface area contributed by atoms with E-state index in [2.05, 4.69) is 17.1 Å². The Bertz CT molecular complexity index is 258. The van der Waals surface area contributed by atoms with Crippen molar-refractivity contribution in [1.82, 2.24) is 10.1 Å². The van der Waals surface area contributed by atoms with Crippen LogP contribution in [0.1, 0.15) is 31.7 Å². The second kappa shape index (κ2) is 4.23. The van der Waals surface area contributed by atoms with Gasteiger partial charge in [-0.1, -0.05) is 13.3 Å². The van der Waals surface area contributed by atoms with Crippen molar-refractivity contribution in [2.45, 2.75) is 25.8 Å². The van der Waals surface area contributed by atoms with E-state index in [4.69, 9.17) is 10.3 Å². The van der Waals surface area contributed by atoms with Gasteiger partial charge in [-0.15, -0.1) is 0 Å². The smallest absolute Gasteiger partial charge is 0.265 e. The molecule has 0 amide bonds. The highest BCUT2D eigenvalue weighted by atomic mass is 16.5. The van der Waals surface area contributed by atoms with Crippen LogP contribution in [0.4, 0.5) is 5.95 Å². The fourth-order valence-electron chi connectivity index (χ4n) is 0.994. The molecule has 74 valence electrons. The lowest BCUT2D eigenvalue weighted by atomic mass is 10.2. The number of nitrogens with zero attached hydrogens (tertiary/aromatic N) is 3. The van der Waals surface area contributed by atoms with Crippen molar-refractivity contribution in [3.63, 3.8) is 0 Å². The van der Waals surface area contributed by atoms with E-state index < -0.39 is 0 Å². The first-order chi connectivity index (χ1) is 6.15. The second-order valence-electron chi connectivity index (χ2n) is 3.22. The van der Waals surface area contributed by atoms with Crippen LogP contribution in [-0.2, 0) is 0 Å². The molecular weight excluding hydrogens is 168 g/mol. The lowest BCUT2D eigenvalue weighted by Crippen LogP contribution is -2.12. The highest BCUT2D eigenvalue weighted by Gasteiger charge is 2.14. The molecule has 5 heteroatoms. The van der Waals surface area contributed by atoms with Gasteiger partial charge in [-0.25, -0.2) is 0 Å². The lowest BCUT2D eigenvalue weighted by molar-refractivity contribution is 0.348. The summed E-state index contributed by atoms with van der Waals surface area (Å²) in [5.41, 5.74) is 5.80. The van der Waals surface area contributed by atoms with Gasteiger partial charge in [-0.05, 0) is 11.6 Å². The summed E-state index contributed by atoms with van der Waals surface area (Å²) < 4.78 is 5.01. The molecule has 1 aromatic rings. The van der Waals surface area contributed by atoms with Crippen molar-refractivity contribution in [3.8, 4) is 0 Å². The summed E-state index contributed by atoms with van der Waals surface area (Å²) in [6, 6.07) is -0.133. The van der Waals surface area contributed by atoms with E-state index in [0.717, 1.165) is 12.8 Å². The summed E-state index contributed by atoms with van der Waals surface area (Å²) in [7, 11) is 3.72. The Labute approximate surface area is 77.9 Å². The van der Waals surface area contributed by atoms with Gasteiger partial charge >= 0.3 is 0 Å². The van der Waals surface area contributed by atoms with Gasteiger partial charge in [0.1, 0.15) is 0 Å². The van der Waals surface area contributed by atoms with Gasteiger partial charge in [0.25, 0.3) is 5.95 Å².